The monoisotopic (exact) mass is 384 g/mol. The molecule has 0 saturated carbocycles. The van der Waals surface area contributed by atoms with Crippen molar-refractivity contribution < 1.29 is 36.4 Å². The maximum absolute atomic E-state index is 12.2. The summed E-state index contributed by atoms with van der Waals surface area (Å²) < 4.78 is 51.0. The van der Waals surface area contributed by atoms with Gasteiger partial charge in [-0.05, 0) is 24.3 Å². The third kappa shape index (κ3) is 4.32. The Bertz CT molecular complexity index is 908. The molecule has 1 heterocycles. The fourth-order valence-corrected chi connectivity index (χ4v) is 2.42. The van der Waals surface area contributed by atoms with Crippen molar-refractivity contribution in [3.63, 3.8) is 0 Å². The minimum atomic E-state index is -4.44. The second kappa shape index (κ2) is 7.89. The Kier molecular flexibility index (Phi) is 5.85. The van der Waals surface area contributed by atoms with E-state index in [0.29, 0.717) is 17.2 Å². The number of carbonyl (C=O) groups is 1. The van der Waals surface area contributed by atoms with Gasteiger partial charge in [0.1, 0.15) is 5.76 Å². The fourth-order valence-electron chi connectivity index (χ4n) is 1.97. The van der Waals surface area contributed by atoms with E-state index in [-0.39, 0.29) is 11.3 Å². The summed E-state index contributed by atoms with van der Waals surface area (Å²) >= 11 is 0. The van der Waals surface area contributed by atoms with E-state index in [2.05, 4.69) is 10.5 Å². The number of hydrogen-bond acceptors (Lipinski definition) is 8. The summed E-state index contributed by atoms with van der Waals surface area (Å²) in [4.78, 5) is 12.2. The van der Waals surface area contributed by atoms with Gasteiger partial charge in [-0.2, -0.15) is 13.5 Å². The molecule has 0 aliphatic rings. The highest BCUT2D eigenvalue weighted by Gasteiger charge is 2.17. The summed E-state index contributed by atoms with van der Waals surface area (Å²) in [6.07, 6.45) is 1.07. The van der Waals surface area contributed by atoms with Gasteiger partial charge in [-0.1, -0.05) is 0 Å². The minimum absolute atomic E-state index is 0.0165. The predicted octanol–water partition coefficient (Wildman–Crippen LogP) is 1.32. The Hall–Kier alpha value is -3.05. The summed E-state index contributed by atoms with van der Waals surface area (Å²) in [7, 11) is -0.170. The molecular formula is C15H16N2O8S. The molecule has 0 unspecified atom stereocenters. The van der Waals surface area contributed by atoms with E-state index in [1.54, 1.807) is 0 Å². The molecule has 2 N–H and O–H groups in total. The number of hydrogen-bond donors (Lipinski definition) is 2. The number of amides is 1. The van der Waals surface area contributed by atoms with Gasteiger partial charge in [0.15, 0.2) is 11.5 Å². The second-order valence-corrected chi connectivity index (χ2v) is 6.10. The van der Waals surface area contributed by atoms with Crippen LogP contribution in [0, 0.1) is 0 Å². The van der Waals surface area contributed by atoms with Crippen LogP contribution in [0.5, 0.6) is 17.2 Å². The van der Waals surface area contributed by atoms with Gasteiger partial charge in [-0.15, -0.1) is 0 Å². The first-order chi connectivity index (χ1) is 12.3. The lowest BCUT2D eigenvalue weighted by atomic mass is 10.1. The molecule has 26 heavy (non-hydrogen) atoms. The van der Waals surface area contributed by atoms with Crippen molar-refractivity contribution in [2.75, 3.05) is 21.3 Å². The van der Waals surface area contributed by atoms with Gasteiger partial charge >= 0.3 is 10.1 Å². The zero-order chi connectivity index (χ0) is 19.3. The van der Waals surface area contributed by atoms with Crippen molar-refractivity contribution in [2.45, 2.75) is 5.09 Å². The molecule has 0 aliphatic carbocycles. The molecule has 1 aromatic heterocycles. The van der Waals surface area contributed by atoms with E-state index >= 15 is 0 Å². The Labute approximate surface area is 149 Å². The minimum Gasteiger partial charge on any atom is -0.493 e. The first-order valence-corrected chi connectivity index (χ1v) is 8.45. The molecule has 1 amide bonds. The van der Waals surface area contributed by atoms with E-state index in [4.69, 9.17) is 23.2 Å². The number of rotatable bonds is 7. The largest absolute Gasteiger partial charge is 0.493 e. The number of ether oxygens (including phenoxy) is 3. The number of nitrogens with one attached hydrogen (secondary N) is 1. The van der Waals surface area contributed by atoms with Gasteiger partial charge in [-0.25, -0.2) is 5.43 Å². The molecule has 1 aromatic carbocycles. The summed E-state index contributed by atoms with van der Waals surface area (Å²) in [5, 5.41) is 3.03. The highest BCUT2D eigenvalue weighted by atomic mass is 32.2. The molecule has 0 spiro atoms. The van der Waals surface area contributed by atoms with Crippen LogP contribution in [0.4, 0.5) is 0 Å². The van der Waals surface area contributed by atoms with Crippen molar-refractivity contribution in [3.8, 4) is 17.2 Å². The van der Waals surface area contributed by atoms with E-state index < -0.39 is 21.1 Å². The van der Waals surface area contributed by atoms with Crippen molar-refractivity contribution in [2.24, 2.45) is 5.10 Å². The molecule has 2 aromatic rings. The molecule has 0 saturated heterocycles. The van der Waals surface area contributed by atoms with Gasteiger partial charge in [0, 0.05) is 5.56 Å². The third-order valence-electron chi connectivity index (χ3n) is 3.14. The van der Waals surface area contributed by atoms with Crippen LogP contribution in [0.1, 0.15) is 16.1 Å². The molecule has 0 atom stereocenters. The van der Waals surface area contributed by atoms with Crippen molar-refractivity contribution in [3.05, 3.63) is 35.6 Å². The number of nitrogens with zero attached hydrogens (tertiary/aromatic N) is 1. The van der Waals surface area contributed by atoms with Gasteiger partial charge in [-0.3, -0.25) is 9.35 Å². The second-order valence-electron chi connectivity index (χ2n) is 4.75. The number of furan rings is 1. The summed E-state index contributed by atoms with van der Waals surface area (Å²) in [5.41, 5.74) is 2.43. The predicted molar refractivity (Wildman–Crippen MR) is 89.7 cm³/mol. The summed E-state index contributed by atoms with van der Waals surface area (Å²) in [6, 6.07) is 5.20. The van der Waals surface area contributed by atoms with Crippen molar-refractivity contribution >= 4 is 22.2 Å². The van der Waals surface area contributed by atoms with E-state index in [0.717, 1.165) is 12.3 Å². The first kappa shape index (κ1) is 19.3. The van der Waals surface area contributed by atoms with Gasteiger partial charge < -0.3 is 18.6 Å². The first-order valence-electron chi connectivity index (χ1n) is 7.01. The topological polar surface area (TPSA) is 137 Å². The smallest absolute Gasteiger partial charge is 0.328 e. The van der Waals surface area contributed by atoms with Crippen LogP contribution < -0.4 is 19.6 Å². The van der Waals surface area contributed by atoms with E-state index in [1.165, 1.54) is 39.5 Å². The van der Waals surface area contributed by atoms with Crippen LogP contribution in [0.25, 0.3) is 0 Å². The van der Waals surface area contributed by atoms with Gasteiger partial charge in [0.2, 0.25) is 10.8 Å². The van der Waals surface area contributed by atoms with E-state index in [9.17, 15) is 13.2 Å². The van der Waals surface area contributed by atoms with Crippen LogP contribution in [0.15, 0.2) is 38.9 Å². The van der Waals surface area contributed by atoms with Crippen LogP contribution in [-0.2, 0) is 10.1 Å². The molecule has 0 bridgehead atoms. The molecule has 0 aliphatic heterocycles. The maximum Gasteiger partial charge on any atom is 0.328 e. The lowest BCUT2D eigenvalue weighted by Gasteiger charge is -2.13. The fraction of sp³-hybridized carbons (Fsp3) is 0.200. The number of benzene rings is 1. The molecule has 2 rings (SSSR count). The quantitative estimate of drug-likeness (QED) is 0.414. The molecule has 0 radical (unpaired) electrons. The number of methoxy groups -OCH3 is 3. The SMILES string of the molecule is COc1cc(C(=O)N/N=C/c2ccc(S(=O)(=O)O)o2)cc(OC)c1OC. The molecule has 10 nitrogen and oxygen atoms in total. The average molecular weight is 384 g/mol. The van der Waals surface area contributed by atoms with Gasteiger partial charge in [0.25, 0.3) is 5.91 Å². The lowest BCUT2D eigenvalue weighted by molar-refractivity contribution is 0.0954. The highest BCUT2D eigenvalue weighted by Crippen LogP contribution is 2.38. The van der Waals surface area contributed by atoms with Gasteiger partial charge in [0.05, 0.1) is 27.5 Å². The van der Waals surface area contributed by atoms with Crippen LogP contribution in [0.3, 0.4) is 0 Å². The molecule has 140 valence electrons. The average Bonchev–Trinajstić information content (AvgIpc) is 3.09. The lowest BCUT2D eigenvalue weighted by Crippen LogP contribution is -2.18. The number of hydrazone groups is 1. The normalized spacial score (nSPS) is 11.4. The Morgan fingerprint density at radius 3 is 2.23 bits per heavy atom. The zero-order valence-electron chi connectivity index (χ0n) is 14.0. The van der Waals surface area contributed by atoms with E-state index in [1.807, 2.05) is 0 Å². The summed E-state index contributed by atoms with van der Waals surface area (Å²) in [5.74, 6) is 0.364. The van der Waals surface area contributed by atoms with Crippen LogP contribution in [0.2, 0.25) is 0 Å². The zero-order valence-corrected chi connectivity index (χ0v) is 14.9. The highest BCUT2D eigenvalue weighted by molar-refractivity contribution is 7.85. The molecular weight excluding hydrogens is 368 g/mol. The Balaban J connectivity index is 2.16. The Morgan fingerprint density at radius 2 is 1.77 bits per heavy atom. The van der Waals surface area contributed by atoms with Crippen molar-refractivity contribution in [1.82, 2.24) is 5.43 Å². The van der Waals surface area contributed by atoms with Crippen LogP contribution in [-0.4, -0.2) is 46.4 Å². The maximum atomic E-state index is 12.2. The van der Waals surface area contributed by atoms with Crippen molar-refractivity contribution in [1.29, 1.82) is 0 Å². The standard InChI is InChI=1S/C15H16N2O8S/c1-22-11-6-9(7-12(23-2)14(11)24-3)15(18)17-16-8-10-4-5-13(25-10)26(19,20)21/h4-8H,1-3H3,(H,17,18)(H,19,20,21)/b16-8+. The Morgan fingerprint density at radius 1 is 1.15 bits per heavy atom. The molecule has 11 heteroatoms. The summed E-state index contributed by atoms with van der Waals surface area (Å²) in [6.45, 7) is 0. The third-order valence-corrected chi connectivity index (χ3v) is 3.87. The number of carbonyl (C=O) groups excluding carboxylic acids is 1. The van der Waals surface area contributed by atoms with Crippen LogP contribution >= 0.6 is 0 Å². The molecule has 0 fully saturated rings.